The molecule has 2 aromatic rings. The number of anilines is 1. The number of benzene rings is 1. The number of aromatic nitrogens is 1. The summed E-state index contributed by atoms with van der Waals surface area (Å²) in [6.07, 6.45) is 10.2. The molecule has 198 valence electrons. The van der Waals surface area contributed by atoms with E-state index in [1.54, 1.807) is 36.5 Å². The van der Waals surface area contributed by atoms with Crippen LogP contribution < -0.4 is 10.6 Å². The number of nitrogens with zero attached hydrogens (tertiary/aromatic N) is 3. The van der Waals surface area contributed by atoms with Gasteiger partial charge in [-0.15, -0.1) is 0 Å². The molecule has 3 rings (SSSR count). The minimum Gasteiger partial charge on any atom is -0.384 e. The van der Waals surface area contributed by atoms with Crippen LogP contribution in [0.1, 0.15) is 49.5 Å². The predicted octanol–water partition coefficient (Wildman–Crippen LogP) is 5.14. The number of hydrogen-bond acceptors (Lipinski definition) is 6. The predicted molar refractivity (Wildman–Crippen MR) is 153 cm³/mol. The molecule has 38 heavy (non-hydrogen) atoms. The lowest BCUT2D eigenvalue weighted by atomic mass is 9.91. The van der Waals surface area contributed by atoms with Gasteiger partial charge in [-0.05, 0) is 62.6 Å². The highest BCUT2D eigenvalue weighted by Gasteiger charge is 2.27. The van der Waals surface area contributed by atoms with Gasteiger partial charge in [0.1, 0.15) is 0 Å². The van der Waals surface area contributed by atoms with Crippen molar-refractivity contribution in [2.24, 2.45) is 10.9 Å². The zero-order valence-electron chi connectivity index (χ0n) is 22.3. The fourth-order valence-electron chi connectivity index (χ4n) is 4.35. The van der Waals surface area contributed by atoms with Gasteiger partial charge in [-0.2, -0.15) is 0 Å². The molecule has 8 nitrogen and oxygen atoms in total. The number of likely N-dealkylation sites (tertiary alicyclic amines) is 1. The van der Waals surface area contributed by atoms with Crippen molar-refractivity contribution < 1.29 is 9.59 Å². The van der Waals surface area contributed by atoms with Crippen LogP contribution in [0, 0.1) is 11.3 Å². The first-order valence-electron chi connectivity index (χ1n) is 12.7. The number of carbonyl (C=O) groups excluding carboxylic acids is 2. The summed E-state index contributed by atoms with van der Waals surface area (Å²) in [7, 11) is 0. The molecular formula is C30H36N6O2. The quantitative estimate of drug-likeness (QED) is 0.302. The van der Waals surface area contributed by atoms with Gasteiger partial charge < -0.3 is 20.9 Å². The Morgan fingerprint density at radius 2 is 2.05 bits per heavy atom. The van der Waals surface area contributed by atoms with Crippen LogP contribution in [0.3, 0.4) is 0 Å². The summed E-state index contributed by atoms with van der Waals surface area (Å²) in [6, 6.07) is 10.9. The van der Waals surface area contributed by atoms with E-state index >= 15 is 0 Å². The molecule has 3 N–H and O–H groups in total. The van der Waals surface area contributed by atoms with Gasteiger partial charge in [0.2, 0.25) is 5.91 Å². The van der Waals surface area contributed by atoms with E-state index < -0.39 is 0 Å². The zero-order valence-corrected chi connectivity index (χ0v) is 22.3. The number of nitrogens with one attached hydrogen (secondary N) is 3. The standard InChI is InChI=1S/C30H36N6O2/c1-5-25(17-31)22(3)34-29(15-21(2)33-19-24-9-7-13-32-18-24)27-11-8-14-36(20-27)30(38)26-10-6-12-28(16-26)35-23(4)37/h5-7,9-10,12-13,15-18,27,31,33H,1,8,11,14,19-20H2,2-4H3,(H,35,37)/b21-15+,25-22+,31-17?,34-29+. The third kappa shape index (κ3) is 8.09. The highest BCUT2D eigenvalue weighted by Crippen LogP contribution is 2.23. The average Bonchev–Trinajstić information content (AvgIpc) is 2.92. The van der Waals surface area contributed by atoms with Crippen LogP contribution in [0.25, 0.3) is 0 Å². The maximum atomic E-state index is 13.4. The molecule has 1 aromatic carbocycles. The SMILES string of the molecule is C=C\C(C=N)=C(C)/N=C(\C=C(/C)NCc1cccnc1)C1CCCN(C(=O)c2cccc(NC(C)=O)c2)C1. The molecule has 1 aliphatic rings. The first kappa shape index (κ1) is 28.2. The van der Waals surface area contributed by atoms with Crippen LogP contribution in [0.2, 0.25) is 0 Å². The van der Waals surface area contributed by atoms with E-state index in [9.17, 15) is 9.59 Å². The Kier molecular flexibility index (Phi) is 10.3. The van der Waals surface area contributed by atoms with Crippen molar-refractivity contribution in [1.82, 2.24) is 15.2 Å². The molecule has 1 unspecified atom stereocenters. The third-order valence-corrected chi connectivity index (χ3v) is 6.31. The van der Waals surface area contributed by atoms with E-state index in [1.807, 2.05) is 43.2 Å². The molecule has 1 fully saturated rings. The Bertz CT molecular complexity index is 1250. The van der Waals surface area contributed by atoms with Crippen LogP contribution in [-0.4, -0.2) is 46.7 Å². The molecular weight excluding hydrogens is 476 g/mol. The zero-order chi connectivity index (χ0) is 27.5. The van der Waals surface area contributed by atoms with E-state index in [4.69, 9.17) is 10.4 Å². The molecule has 1 aliphatic heterocycles. The molecule has 8 heteroatoms. The van der Waals surface area contributed by atoms with E-state index in [0.29, 0.717) is 42.2 Å². The van der Waals surface area contributed by atoms with Crippen molar-refractivity contribution >= 4 is 29.4 Å². The summed E-state index contributed by atoms with van der Waals surface area (Å²) in [6.45, 7) is 10.9. The second-order valence-corrected chi connectivity index (χ2v) is 9.32. The molecule has 2 heterocycles. The summed E-state index contributed by atoms with van der Waals surface area (Å²) in [5.74, 6) is -0.233. The lowest BCUT2D eigenvalue weighted by Gasteiger charge is -2.33. The van der Waals surface area contributed by atoms with Gasteiger partial charge in [-0.25, -0.2) is 0 Å². The minimum atomic E-state index is -0.181. The minimum absolute atomic E-state index is 0.0214. The van der Waals surface area contributed by atoms with Gasteiger partial charge in [0.05, 0.1) is 0 Å². The molecule has 1 atom stereocenters. The number of hydrogen-bond donors (Lipinski definition) is 3. The number of carbonyl (C=O) groups is 2. The maximum absolute atomic E-state index is 13.4. The van der Waals surface area contributed by atoms with Crippen LogP contribution in [-0.2, 0) is 11.3 Å². The molecule has 0 saturated carbocycles. The first-order valence-corrected chi connectivity index (χ1v) is 12.7. The Morgan fingerprint density at radius 3 is 2.74 bits per heavy atom. The monoisotopic (exact) mass is 512 g/mol. The van der Waals surface area contributed by atoms with Gasteiger partial charge in [0.15, 0.2) is 0 Å². The lowest BCUT2D eigenvalue weighted by molar-refractivity contribution is -0.114. The smallest absolute Gasteiger partial charge is 0.253 e. The first-order chi connectivity index (χ1) is 18.3. The average molecular weight is 513 g/mol. The van der Waals surface area contributed by atoms with Crippen molar-refractivity contribution in [3.8, 4) is 0 Å². The van der Waals surface area contributed by atoms with E-state index in [0.717, 1.165) is 29.8 Å². The Hall–Kier alpha value is -4.33. The van der Waals surface area contributed by atoms with E-state index in [1.165, 1.54) is 13.1 Å². The van der Waals surface area contributed by atoms with Crippen molar-refractivity contribution in [1.29, 1.82) is 5.41 Å². The fourth-order valence-corrected chi connectivity index (χ4v) is 4.35. The second kappa shape index (κ2) is 13.8. The van der Waals surface area contributed by atoms with Crippen LogP contribution >= 0.6 is 0 Å². The molecule has 0 radical (unpaired) electrons. The van der Waals surface area contributed by atoms with E-state index in [2.05, 4.69) is 22.2 Å². The fraction of sp³-hybridized carbons (Fsp3) is 0.300. The summed E-state index contributed by atoms with van der Waals surface area (Å²) in [5, 5.41) is 13.9. The second-order valence-electron chi connectivity index (χ2n) is 9.32. The Balaban J connectivity index is 1.85. The Labute approximate surface area is 224 Å². The number of rotatable bonds is 10. The number of allylic oxidation sites excluding steroid dienone is 5. The van der Waals surface area contributed by atoms with Gasteiger partial charge >= 0.3 is 0 Å². The highest BCUT2D eigenvalue weighted by molar-refractivity contribution is 6.00. The molecule has 1 aromatic heterocycles. The molecule has 0 aliphatic carbocycles. The molecule has 0 bridgehead atoms. The Morgan fingerprint density at radius 1 is 1.24 bits per heavy atom. The summed E-state index contributed by atoms with van der Waals surface area (Å²) in [5.41, 5.74) is 5.36. The van der Waals surface area contributed by atoms with Gasteiger partial charge in [-0.3, -0.25) is 19.6 Å². The van der Waals surface area contributed by atoms with Crippen molar-refractivity contribution in [3.05, 3.63) is 95.6 Å². The number of amides is 2. The molecule has 1 saturated heterocycles. The van der Waals surface area contributed by atoms with Crippen LogP contribution in [0.15, 0.2) is 89.5 Å². The summed E-state index contributed by atoms with van der Waals surface area (Å²) in [4.78, 5) is 35.8. The highest BCUT2D eigenvalue weighted by atomic mass is 16.2. The van der Waals surface area contributed by atoms with Crippen LogP contribution in [0.5, 0.6) is 0 Å². The largest absolute Gasteiger partial charge is 0.384 e. The van der Waals surface area contributed by atoms with Crippen molar-refractivity contribution in [2.45, 2.75) is 40.2 Å². The summed E-state index contributed by atoms with van der Waals surface area (Å²) < 4.78 is 0. The lowest BCUT2D eigenvalue weighted by Crippen LogP contribution is -2.42. The van der Waals surface area contributed by atoms with Crippen molar-refractivity contribution in [2.75, 3.05) is 18.4 Å². The maximum Gasteiger partial charge on any atom is 0.253 e. The normalized spacial score (nSPS) is 16.8. The van der Waals surface area contributed by atoms with Gasteiger partial charge in [0, 0.05) is 85.0 Å². The van der Waals surface area contributed by atoms with Gasteiger partial charge in [-0.1, -0.05) is 24.8 Å². The van der Waals surface area contributed by atoms with Gasteiger partial charge in [0.25, 0.3) is 5.91 Å². The summed E-state index contributed by atoms with van der Waals surface area (Å²) >= 11 is 0. The number of piperidine rings is 1. The van der Waals surface area contributed by atoms with Crippen LogP contribution in [0.4, 0.5) is 5.69 Å². The van der Waals surface area contributed by atoms with E-state index in [-0.39, 0.29) is 17.7 Å². The third-order valence-electron chi connectivity index (χ3n) is 6.31. The molecule has 2 amide bonds. The molecule has 0 spiro atoms. The number of aliphatic imine (C=N–C) groups is 1. The van der Waals surface area contributed by atoms with Crippen molar-refractivity contribution in [3.63, 3.8) is 0 Å². The topological polar surface area (TPSA) is 111 Å². The number of pyridine rings is 1.